The van der Waals surface area contributed by atoms with Gasteiger partial charge in [0, 0.05) is 17.5 Å². The third-order valence-corrected chi connectivity index (χ3v) is 6.39. The second-order valence-corrected chi connectivity index (χ2v) is 8.75. The van der Waals surface area contributed by atoms with Crippen molar-refractivity contribution in [1.82, 2.24) is 9.88 Å². The molecule has 7 heteroatoms. The Kier molecular flexibility index (Phi) is 6.99. The first-order chi connectivity index (χ1) is 16.0. The molecule has 1 aromatic heterocycles. The largest absolute Gasteiger partial charge is 0.510 e. The zero-order valence-electron chi connectivity index (χ0n) is 19.2. The van der Waals surface area contributed by atoms with Gasteiger partial charge in [-0.05, 0) is 44.9 Å². The molecule has 4 rings (SSSR count). The monoisotopic (exact) mass is 463 g/mol. The molecule has 33 heavy (non-hydrogen) atoms. The first-order valence-electron chi connectivity index (χ1n) is 11.2. The van der Waals surface area contributed by atoms with E-state index in [1.54, 1.807) is 0 Å². The van der Waals surface area contributed by atoms with Crippen LogP contribution in [0.4, 0.5) is 0 Å². The van der Waals surface area contributed by atoms with Crippen LogP contribution in [0.3, 0.4) is 0 Å². The lowest BCUT2D eigenvalue weighted by Gasteiger charge is -2.19. The SMILES string of the molecule is CCOc1ccc(CCN2CC(O)=C(c3nc(-c4ccc(C)cc4)cs3)C2=N)cc1OCC. The van der Waals surface area contributed by atoms with Gasteiger partial charge in [-0.25, -0.2) is 4.98 Å². The molecule has 3 aromatic rings. The van der Waals surface area contributed by atoms with E-state index in [1.165, 1.54) is 16.9 Å². The minimum absolute atomic E-state index is 0.200. The number of amidine groups is 1. The summed E-state index contributed by atoms with van der Waals surface area (Å²) in [7, 11) is 0. The van der Waals surface area contributed by atoms with E-state index < -0.39 is 0 Å². The van der Waals surface area contributed by atoms with Crippen molar-refractivity contribution in [3.63, 3.8) is 0 Å². The Morgan fingerprint density at radius 1 is 1.06 bits per heavy atom. The van der Waals surface area contributed by atoms with Crippen molar-refractivity contribution >= 4 is 22.7 Å². The summed E-state index contributed by atoms with van der Waals surface area (Å²) >= 11 is 1.46. The van der Waals surface area contributed by atoms with Crippen LogP contribution in [0.5, 0.6) is 11.5 Å². The average Bonchev–Trinajstić information content (AvgIpc) is 3.38. The zero-order valence-corrected chi connectivity index (χ0v) is 20.0. The summed E-state index contributed by atoms with van der Waals surface area (Å²) in [5.41, 5.74) is 4.71. The van der Waals surface area contributed by atoms with E-state index in [0.717, 1.165) is 34.7 Å². The molecule has 0 saturated heterocycles. The fourth-order valence-corrected chi connectivity index (χ4v) is 4.71. The molecule has 2 aromatic carbocycles. The van der Waals surface area contributed by atoms with Crippen LogP contribution in [0.1, 0.15) is 30.0 Å². The van der Waals surface area contributed by atoms with Gasteiger partial charge >= 0.3 is 0 Å². The number of aliphatic hydroxyl groups excluding tert-OH is 1. The molecule has 6 nitrogen and oxygen atoms in total. The average molecular weight is 464 g/mol. The van der Waals surface area contributed by atoms with Gasteiger partial charge < -0.3 is 19.5 Å². The summed E-state index contributed by atoms with van der Waals surface area (Å²) in [5, 5.41) is 22.0. The van der Waals surface area contributed by atoms with Gasteiger partial charge in [0.05, 0.1) is 31.0 Å². The van der Waals surface area contributed by atoms with E-state index in [2.05, 4.69) is 19.1 Å². The van der Waals surface area contributed by atoms with Crippen LogP contribution in [0, 0.1) is 12.3 Å². The third-order valence-electron chi connectivity index (χ3n) is 5.53. The highest BCUT2D eigenvalue weighted by Gasteiger charge is 2.30. The van der Waals surface area contributed by atoms with Gasteiger partial charge in [-0.3, -0.25) is 5.41 Å². The van der Waals surface area contributed by atoms with E-state index in [4.69, 9.17) is 19.9 Å². The van der Waals surface area contributed by atoms with E-state index in [0.29, 0.717) is 42.7 Å². The lowest BCUT2D eigenvalue weighted by molar-refractivity contribution is 0.287. The molecule has 0 fully saturated rings. The van der Waals surface area contributed by atoms with Crippen molar-refractivity contribution in [2.45, 2.75) is 27.2 Å². The molecule has 0 spiro atoms. The molecule has 2 heterocycles. The molecule has 172 valence electrons. The second kappa shape index (κ2) is 10.1. The molecular weight excluding hydrogens is 434 g/mol. The highest BCUT2D eigenvalue weighted by molar-refractivity contribution is 7.11. The van der Waals surface area contributed by atoms with Crippen LogP contribution in [0.25, 0.3) is 16.8 Å². The fourth-order valence-electron chi connectivity index (χ4n) is 3.81. The number of nitrogens with one attached hydrogen (secondary N) is 1. The first kappa shape index (κ1) is 22.9. The number of benzene rings is 2. The number of hydrogen-bond donors (Lipinski definition) is 2. The number of aliphatic hydroxyl groups is 1. The van der Waals surface area contributed by atoms with E-state index in [1.807, 2.05) is 54.5 Å². The Balaban J connectivity index is 1.44. The molecule has 0 aliphatic carbocycles. The molecule has 0 bridgehead atoms. The van der Waals surface area contributed by atoms with E-state index >= 15 is 0 Å². The summed E-state index contributed by atoms with van der Waals surface area (Å²) in [5.74, 6) is 1.99. The van der Waals surface area contributed by atoms with Crippen molar-refractivity contribution in [2.24, 2.45) is 0 Å². The van der Waals surface area contributed by atoms with Gasteiger partial charge in [0.1, 0.15) is 16.6 Å². The van der Waals surface area contributed by atoms with E-state index in [9.17, 15) is 5.11 Å². The number of rotatable bonds is 9. The van der Waals surface area contributed by atoms with Gasteiger partial charge in [-0.1, -0.05) is 35.9 Å². The summed E-state index contributed by atoms with van der Waals surface area (Å²) in [4.78, 5) is 6.59. The van der Waals surface area contributed by atoms with Crippen LogP contribution in [-0.4, -0.2) is 47.1 Å². The topological polar surface area (TPSA) is 78.7 Å². The predicted octanol–water partition coefficient (Wildman–Crippen LogP) is 5.72. The summed E-state index contributed by atoms with van der Waals surface area (Å²) < 4.78 is 11.4. The van der Waals surface area contributed by atoms with Crippen LogP contribution in [0.2, 0.25) is 0 Å². The number of aryl methyl sites for hydroxylation is 1. The maximum absolute atomic E-state index is 10.6. The Labute approximate surface area is 198 Å². The highest BCUT2D eigenvalue weighted by Crippen LogP contribution is 2.33. The molecule has 0 radical (unpaired) electrons. The Bertz CT molecular complexity index is 1170. The lowest BCUT2D eigenvalue weighted by Crippen LogP contribution is -2.28. The van der Waals surface area contributed by atoms with Crippen LogP contribution in [-0.2, 0) is 6.42 Å². The molecule has 2 N–H and O–H groups in total. The number of ether oxygens (including phenoxy) is 2. The van der Waals surface area contributed by atoms with Crippen LogP contribution >= 0.6 is 11.3 Å². The highest BCUT2D eigenvalue weighted by atomic mass is 32.1. The smallest absolute Gasteiger partial charge is 0.161 e. The molecule has 1 aliphatic rings. The lowest BCUT2D eigenvalue weighted by atomic mass is 10.1. The van der Waals surface area contributed by atoms with Gasteiger partial charge in [0.2, 0.25) is 0 Å². The number of aromatic nitrogens is 1. The van der Waals surface area contributed by atoms with Crippen molar-refractivity contribution < 1.29 is 14.6 Å². The second-order valence-electron chi connectivity index (χ2n) is 7.89. The van der Waals surface area contributed by atoms with Crippen molar-refractivity contribution in [3.05, 3.63) is 69.7 Å². The van der Waals surface area contributed by atoms with Gasteiger partial charge in [0.25, 0.3) is 0 Å². The minimum Gasteiger partial charge on any atom is -0.510 e. The molecule has 0 amide bonds. The minimum atomic E-state index is 0.200. The molecule has 0 atom stereocenters. The summed E-state index contributed by atoms with van der Waals surface area (Å²) in [6.45, 7) is 8.04. The zero-order chi connectivity index (χ0) is 23.4. The summed E-state index contributed by atoms with van der Waals surface area (Å²) in [6.07, 6.45) is 0.724. The number of hydrogen-bond acceptors (Lipinski definition) is 6. The standard InChI is InChI=1S/C26H29N3O3S/c1-4-31-22-11-8-18(14-23(22)32-5-2)12-13-29-15-21(30)24(25(29)27)26-28-20(16-33-26)19-9-6-17(3)7-10-19/h6-11,14,16,27,30H,4-5,12-13,15H2,1-3H3. The molecular formula is C26H29N3O3S. The Morgan fingerprint density at radius 2 is 1.79 bits per heavy atom. The van der Waals surface area contributed by atoms with Crippen molar-refractivity contribution in [2.75, 3.05) is 26.3 Å². The first-order valence-corrected chi connectivity index (χ1v) is 12.1. The number of nitrogens with zero attached hydrogens (tertiary/aromatic N) is 2. The molecule has 0 saturated carbocycles. The van der Waals surface area contributed by atoms with E-state index in [-0.39, 0.29) is 5.76 Å². The van der Waals surface area contributed by atoms with Crippen molar-refractivity contribution in [1.29, 1.82) is 5.41 Å². The van der Waals surface area contributed by atoms with Crippen LogP contribution in [0.15, 0.2) is 53.6 Å². The Morgan fingerprint density at radius 3 is 2.52 bits per heavy atom. The molecule has 1 aliphatic heterocycles. The Hall–Kier alpha value is -3.32. The van der Waals surface area contributed by atoms with Gasteiger partial charge in [-0.2, -0.15) is 0 Å². The van der Waals surface area contributed by atoms with Gasteiger partial charge in [-0.15, -0.1) is 11.3 Å². The predicted molar refractivity (Wildman–Crippen MR) is 134 cm³/mol. The third kappa shape index (κ3) is 5.03. The maximum Gasteiger partial charge on any atom is 0.161 e. The summed E-state index contributed by atoms with van der Waals surface area (Å²) in [6, 6.07) is 14.2. The quantitative estimate of drug-likeness (QED) is 0.424. The molecule has 0 unspecified atom stereocenters. The van der Waals surface area contributed by atoms with Gasteiger partial charge in [0.15, 0.2) is 11.5 Å². The van der Waals surface area contributed by atoms with Crippen LogP contribution < -0.4 is 9.47 Å². The van der Waals surface area contributed by atoms with Crippen molar-refractivity contribution in [3.8, 4) is 22.8 Å². The fraction of sp³-hybridized carbons (Fsp3) is 0.308. The normalized spacial score (nSPS) is 13.7. The maximum atomic E-state index is 10.6. The number of thiazole rings is 1.